The Balaban J connectivity index is 2.41. The molecule has 0 saturated carbocycles. The Labute approximate surface area is 83.1 Å². The third-order valence-corrected chi connectivity index (χ3v) is 2.82. The normalized spacial score (nSPS) is 19.5. The predicted molar refractivity (Wildman–Crippen MR) is 54.3 cm³/mol. The summed E-state index contributed by atoms with van der Waals surface area (Å²) in [7, 11) is 0. The van der Waals surface area contributed by atoms with Gasteiger partial charge in [0.05, 0.1) is 11.6 Å². The lowest BCUT2D eigenvalue weighted by Crippen LogP contribution is -2.06. The predicted octanol–water partition coefficient (Wildman–Crippen LogP) is 1.98. The molecule has 0 radical (unpaired) electrons. The molecule has 0 spiro atoms. The maximum absolute atomic E-state index is 8.71. The van der Waals surface area contributed by atoms with E-state index in [0.29, 0.717) is 6.04 Å². The lowest BCUT2D eigenvalue weighted by molar-refractivity contribution is 0.670. The molecular formula is C10H10N2S. The molecule has 1 aliphatic carbocycles. The van der Waals surface area contributed by atoms with Crippen molar-refractivity contribution in [3.05, 3.63) is 34.9 Å². The first-order valence-corrected chi connectivity index (χ1v) is 4.72. The van der Waals surface area contributed by atoms with Crippen LogP contribution in [0, 0.1) is 11.3 Å². The van der Waals surface area contributed by atoms with E-state index in [1.54, 1.807) is 0 Å². The van der Waals surface area contributed by atoms with E-state index in [0.717, 1.165) is 18.4 Å². The van der Waals surface area contributed by atoms with Crippen LogP contribution in [0.5, 0.6) is 0 Å². The van der Waals surface area contributed by atoms with Crippen LogP contribution < -0.4 is 4.72 Å². The summed E-state index contributed by atoms with van der Waals surface area (Å²) in [5.41, 5.74) is 3.32. The highest BCUT2D eigenvalue weighted by Gasteiger charge is 2.20. The molecule has 1 N–H and O–H groups in total. The molecule has 0 unspecified atom stereocenters. The van der Waals surface area contributed by atoms with E-state index in [-0.39, 0.29) is 0 Å². The van der Waals surface area contributed by atoms with Crippen LogP contribution in [0.3, 0.4) is 0 Å². The van der Waals surface area contributed by atoms with Gasteiger partial charge in [-0.25, -0.2) is 0 Å². The van der Waals surface area contributed by atoms with Crippen molar-refractivity contribution in [1.82, 2.24) is 4.72 Å². The Hall–Kier alpha value is -0.980. The van der Waals surface area contributed by atoms with E-state index < -0.39 is 0 Å². The SMILES string of the molecule is N#Cc1ccc2c(c1)CC[C@H]2NS. The highest BCUT2D eigenvalue weighted by Crippen LogP contribution is 2.31. The number of aryl methyl sites for hydroxylation is 1. The fraction of sp³-hybridized carbons (Fsp3) is 0.300. The highest BCUT2D eigenvalue weighted by molar-refractivity contribution is 7.78. The molecule has 1 aromatic carbocycles. The lowest BCUT2D eigenvalue weighted by Gasteiger charge is -2.08. The standard InChI is InChI=1S/C10H10N2S/c11-6-7-1-3-9-8(5-7)2-4-10(9)12-13/h1,3,5,10,12-13H,2,4H2/t10-/m1/s1. The molecule has 1 aliphatic rings. The van der Waals surface area contributed by atoms with Gasteiger partial charge in [0.1, 0.15) is 0 Å². The minimum atomic E-state index is 0.353. The summed E-state index contributed by atoms with van der Waals surface area (Å²) in [6, 6.07) is 8.36. The summed E-state index contributed by atoms with van der Waals surface area (Å²) < 4.78 is 2.97. The van der Waals surface area contributed by atoms with E-state index in [1.807, 2.05) is 18.2 Å². The second-order valence-corrected chi connectivity index (χ2v) is 3.50. The Bertz CT molecular complexity index is 368. The average Bonchev–Trinajstić information content (AvgIpc) is 2.59. The van der Waals surface area contributed by atoms with Gasteiger partial charge in [0, 0.05) is 6.04 Å². The minimum absolute atomic E-state index is 0.353. The second-order valence-electron chi connectivity index (χ2n) is 3.25. The third-order valence-electron chi connectivity index (χ3n) is 2.51. The molecule has 0 saturated heterocycles. The first-order valence-electron chi connectivity index (χ1n) is 4.27. The van der Waals surface area contributed by atoms with E-state index >= 15 is 0 Å². The van der Waals surface area contributed by atoms with Crippen LogP contribution in [0.15, 0.2) is 18.2 Å². The van der Waals surface area contributed by atoms with Gasteiger partial charge in [0.15, 0.2) is 0 Å². The number of nitriles is 1. The van der Waals surface area contributed by atoms with Crippen LogP contribution in [-0.4, -0.2) is 0 Å². The first-order chi connectivity index (χ1) is 6.35. The number of thiol groups is 1. The molecule has 2 rings (SSSR count). The molecule has 0 aliphatic heterocycles. The number of fused-ring (bicyclic) bond motifs is 1. The van der Waals surface area contributed by atoms with Gasteiger partial charge < -0.3 is 0 Å². The van der Waals surface area contributed by atoms with Crippen molar-refractivity contribution in [2.24, 2.45) is 0 Å². The van der Waals surface area contributed by atoms with Crippen molar-refractivity contribution >= 4 is 12.8 Å². The summed E-state index contributed by atoms with van der Waals surface area (Å²) in [5.74, 6) is 0. The maximum atomic E-state index is 8.71. The van der Waals surface area contributed by atoms with Crippen LogP contribution in [0.2, 0.25) is 0 Å². The van der Waals surface area contributed by atoms with Crippen LogP contribution in [0.1, 0.15) is 29.2 Å². The molecule has 0 heterocycles. The zero-order valence-electron chi connectivity index (χ0n) is 7.12. The molecule has 2 nitrogen and oxygen atoms in total. The molecule has 1 atom stereocenters. The van der Waals surface area contributed by atoms with Gasteiger partial charge in [0.25, 0.3) is 0 Å². The van der Waals surface area contributed by atoms with Crippen LogP contribution in [0.25, 0.3) is 0 Å². The van der Waals surface area contributed by atoms with Crippen molar-refractivity contribution in [2.45, 2.75) is 18.9 Å². The van der Waals surface area contributed by atoms with Gasteiger partial charge in [-0.1, -0.05) is 18.9 Å². The van der Waals surface area contributed by atoms with Gasteiger partial charge in [-0.3, -0.25) is 4.72 Å². The molecule has 66 valence electrons. The molecule has 13 heavy (non-hydrogen) atoms. The van der Waals surface area contributed by atoms with Crippen molar-refractivity contribution in [2.75, 3.05) is 0 Å². The first kappa shape index (κ1) is 8.61. The summed E-state index contributed by atoms with van der Waals surface area (Å²) in [6.07, 6.45) is 2.12. The number of nitrogens with one attached hydrogen (secondary N) is 1. The van der Waals surface area contributed by atoms with Crippen molar-refractivity contribution in [1.29, 1.82) is 5.26 Å². The molecule has 0 bridgehead atoms. The Kier molecular flexibility index (Phi) is 2.26. The number of rotatable bonds is 1. The molecule has 0 amide bonds. The number of benzene rings is 1. The fourth-order valence-electron chi connectivity index (χ4n) is 1.82. The summed E-state index contributed by atoms with van der Waals surface area (Å²) in [6.45, 7) is 0. The fourth-order valence-corrected chi connectivity index (χ4v) is 2.09. The van der Waals surface area contributed by atoms with Crippen LogP contribution in [0.4, 0.5) is 0 Å². The molecule has 0 fully saturated rings. The Morgan fingerprint density at radius 1 is 1.54 bits per heavy atom. The van der Waals surface area contributed by atoms with Gasteiger partial charge in [-0.15, -0.1) is 0 Å². The topological polar surface area (TPSA) is 35.8 Å². The monoisotopic (exact) mass is 190 g/mol. The van der Waals surface area contributed by atoms with Gasteiger partial charge >= 0.3 is 0 Å². The number of nitrogens with zero attached hydrogens (tertiary/aromatic N) is 1. The quantitative estimate of drug-likeness (QED) is 0.664. The summed E-state index contributed by atoms with van der Waals surface area (Å²) in [4.78, 5) is 0. The zero-order valence-corrected chi connectivity index (χ0v) is 8.01. The minimum Gasteiger partial charge on any atom is -0.259 e. The van der Waals surface area contributed by atoms with E-state index in [9.17, 15) is 0 Å². The van der Waals surface area contributed by atoms with Crippen molar-refractivity contribution < 1.29 is 0 Å². The second kappa shape index (κ2) is 3.41. The van der Waals surface area contributed by atoms with Crippen molar-refractivity contribution in [3.63, 3.8) is 0 Å². The number of hydrogen-bond donors (Lipinski definition) is 2. The molecule has 1 aromatic rings. The number of hydrogen-bond acceptors (Lipinski definition) is 3. The smallest absolute Gasteiger partial charge is 0.0991 e. The summed E-state index contributed by atoms with van der Waals surface area (Å²) >= 11 is 4.07. The highest BCUT2D eigenvalue weighted by atomic mass is 32.1. The molecular weight excluding hydrogens is 180 g/mol. The van der Waals surface area contributed by atoms with E-state index in [2.05, 4.69) is 23.6 Å². The average molecular weight is 190 g/mol. The van der Waals surface area contributed by atoms with Gasteiger partial charge in [0.2, 0.25) is 0 Å². The van der Waals surface area contributed by atoms with Crippen molar-refractivity contribution in [3.8, 4) is 6.07 Å². The Morgan fingerprint density at radius 2 is 2.38 bits per heavy atom. The van der Waals surface area contributed by atoms with Gasteiger partial charge in [-0.05, 0) is 36.1 Å². The van der Waals surface area contributed by atoms with Gasteiger partial charge in [-0.2, -0.15) is 5.26 Å². The van der Waals surface area contributed by atoms with E-state index in [4.69, 9.17) is 5.26 Å². The molecule has 0 aromatic heterocycles. The molecule has 3 heteroatoms. The largest absolute Gasteiger partial charge is 0.259 e. The van der Waals surface area contributed by atoms with Crippen LogP contribution in [-0.2, 0) is 6.42 Å². The maximum Gasteiger partial charge on any atom is 0.0991 e. The van der Waals surface area contributed by atoms with E-state index in [1.165, 1.54) is 11.1 Å². The Morgan fingerprint density at radius 3 is 3.08 bits per heavy atom. The lowest BCUT2D eigenvalue weighted by atomic mass is 10.1. The summed E-state index contributed by atoms with van der Waals surface area (Å²) in [5, 5.41) is 8.71. The van der Waals surface area contributed by atoms with Crippen LogP contribution >= 0.6 is 12.8 Å². The third kappa shape index (κ3) is 1.43. The zero-order chi connectivity index (χ0) is 9.26.